The summed E-state index contributed by atoms with van der Waals surface area (Å²) in [6.45, 7) is 2.39. The van der Waals surface area contributed by atoms with Crippen molar-refractivity contribution in [3.8, 4) is 0 Å². The summed E-state index contributed by atoms with van der Waals surface area (Å²) in [5, 5.41) is 6.13. The van der Waals surface area contributed by atoms with Crippen LogP contribution in [-0.2, 0) is 13.0 Å². The second-order valence-corrected chi connectivity index (χ2v) is 4.62. The lowest BCUT2D eigenvalue weighted by atomic mass is 10.4. The number of alkyl halides is 2. The fourth-order valence-electron chi connectivity index (χ4n) is 1.91. The first-order valence-corrected chi connectivity index (χ1v) is 7.16. The van der Waals surface area contributed by atoms with Gasteiger partial charge in [-0.15, -0.1) is 6.58 Å². The van der Waals surface area contributed by atoms with E-state index in [2.05, 4.69) is 27.2 Å². The van der Waals surface area contributed by atoms with Crippen molar-refractivity contribution in [3.05, 3.63) is 55.0 Å². The van der Waals surface area contributed by atoms with Crippen molar-refractivity contribution in [2.24, 2.45) is 4.99 Å². The minimum Gasteiger partial charge on any atom is -0.467 e. The largest absolute Gasteiger partial charge is 0.467 e. The summed E-state index contributed by atoms with van der Waals surface area (Å²) in [4.78, 5) is 8.29. The highest BCUT2D eigenvalue weighted by Crippen LogP contribution is 2.12. The number of halogens is 2. The Bertz CT molecular complexity index is 622. The van der Waals surface area contributed by atoms with Gasteiger partial charge in [-0.05, 0) is 12.1 Å². The maximum Gasteiger partial charge on any atom is 0.319 e. The Morgan fingerprint density at radius 1 is 1.48 bits per heavy atom. The molecular formula is C15H19F2N5O. The topological polar surface area (TPSA) is 67.4 Å². The molecule has 0 fully saturated rings. The zero-order valence-electron chi connectivity index (χ0n) is 12.6. The van der Waals surface area contributed by atoms with Crippen molar-refractivity contribution in [2.75, 3.05) is 13.1 Å². The summed E-state index contributed by atoms with van der Waals surface area (Å²) >= 11 is 0. The number of imidazole rings is 1. The van der Waals surface area contributed by atoms with Gasteiger partial charge < -0.3 is 15.1 Å². The van der Waals surface area contributed by atoms with Crippen LogP contribution in [0.25, 0.3) is 0 Å². The first kappa shape index (κ1) is 16.7. The molecular weight excluding hydrogens is 304 g/mol. The monoisotopic (exact) mass is 323 g/mol. The van der Waals surface area contributed by atoms with Crippen molar-refractivity contribution in [2.45, 2.75) is 19.5 Å². The number of aromatic nitrogens is 2. The third-order valence-corrected chi connectivity index (χ3v) is 2.99. The SMILES string of the molecule is C=CCNC(=NCc1ccco1)NCCc1nccn1C(F)F. The molecule has 0 bridgehead atoms. The van der Waals surface area contributed by atoms with E-state index in [1.165, 1.54) is 12.4 Å². The molecule has 2 aromatic rings. The van der Waals surface area contributed by atoms with Crippen molar-refractivity contribution in [3.63, 3.8) is 0 Å². The molecule has 2 N–H and O–H groups in total. The quantitative estimate of drug-likeness (QED) is 0.444. The van der Waals surface area contributed by atoms with Gasteiger partial charge in [0, 0.05) is 31.9 Å². The highest BCUT2D eigenvalue weighted by Gasteiger charge is 2.10. The predicted molar refractivity (Wildman–Crippen MR) is 83.2 cm³/mol. The lowest BCUT2D eigenvalue weighted by Gasteiger charge is -2.11. The molecule has 8 heteroatoms. The molecule has 23 heavy (non-hydrogen) atoms. The van der Waals surface area contributed by atoms with Crippen LogP contribution in [-0.4, -0.2) is 28.6 Å². The van der Waals surface area contributed by atoms with E-state index in [1.807, 2.05) is 6.07 Å². The maximum atomic E-state index is 12.7. The van der Waals surface area contributed by atoms with E-state index in [0.717, 1.165) is 10.3 Å². The first-order chi connectivity index (χ1) is 11.2. The van der Waals surface area contributed by atoms with E-state index in [4.69, 9.17) is 4.42 Å². The van der Waals surface area contributed by atoms with E-state index in [9.17, 15) is 8.78 Å². The Morgan fingerprint density at radius 2 is 2.35 bits per heavy atom. The minimum atomic E-state index is -2.58. The molecule has 0 saturated heterocycles. The van der Waals surface area contributed by atoms with Gasteiger partial charge in [0.25, 0.3) is 0 Å². The van der Waals surface area contributed by atoms with E-state index in [-0.39, 0.29) is 0 Å². The van der Waals surface area contributed by atoms with Gasteiger partial charge in [-0.1, -0.05) is 6.08 Å². The second kappa shape index (κ2) is 8.72. The van der Waals surface area contributed by atoms with Crippen LogP contribution in [0.1, 0.15) is 18.1 Å². The molecule has 124 valence electrons. The Hall–Kier alpha value is -2.64. The molecule has 0 saturated carbocycles. The third-order valence-electron chi connectivity index (χ3n) is 2.99. The van der Waals surface area contributed by atoms with Gasteiger partial charge in [-0.2, -0.15) is 8.78 Å². The maximum absolute atomic E-state index is 12.7. The number of nitrogens with zero attached hydrogens (tertiary/aromatic N) is 3. The minimum absolute atomic E-state index is 0.321. The van der Waals surface area contributed by atoms with Crippen LogP contribution in [0.5, 0.6) is 0 Å². The molecule has 0 amide bonds. The summed E-state index contributed by atoms with van der Waals surface area (Å²) in [5.74, 6) is 1.61. The highest BCUT2D eigenvalue weighted by atomic mass is 19.3. The molecule has 0 aliphatic carbocycles. The van der Waals surface area contributed by atoms with Crippen molar-refractivity contribution >= 4 is 5.96 Å². The van der Waals surface area contributed by atoms with E-state index < -0.39 is 6.55 Å². The molecule has 2 heterocycles. The van der Waals surface area contributed by atoms with Gasteiger partial charge in [0.2, 0.25) is 0 Å². The normalized spacial score (nSPS) is 11.7. The molecule has 2 rings (SSSR count). The van der Waals surface area contributed by atoms with Gasteiger partial charge >= 0.3 is 6.55 Å². The molecule has 0 spiro atoms. The van der Waals surface area contributed by atoms with Gasteiger partial charge in [0.05, 0.1) is 6.26 Å². The summed E-state index contributed by atoms with van der Waals surface area (Å²) < 4.78 is 31.5. The second-order valence-electron chi connectivity index (χ2n) is 4.62. The van der Waals surface area contributed by atoms with Crippen molar-refractivity contribution < 1.29 is 13.2 Å². The summed E-state index contributed by atoms with van der Waals surface area (Å²) in [6.07, 6.45) is 6.27. The first-order valence-electron chi connectivity index (χ1n) is 7.16. The third kappa shape index (κ3) is 5.24. The van der Waals surface area contributed by atoms with Crippen LogP contribution < -0.4 is 10.6 Å². The number of hydrogen-bond acceptors (Lipinski definition) is 3. The number of guanidine groups is 1. The Kier molecular flexibility index (Phi) is 6.34. The molecule has 0 radical (unpaired) electrons. The molecule has 0 unspecified atom stereocenters. The van der Waals surface area contributed by atoms with Crippen LogP contribution in [0.2, 0.25) is 0 Å². The van der Waals surface area contributed by atoms with Crippen LogP contribution in [0.3, 0.4) is 0 Å². The fourth-order valence-corrected chi connectivity index (χ4v) is 1.91. The van der Waals surface area contributed by atoms with Gasteiger partial charge in [-0.3, -0.25) is 4.57 Å². The average Bonchev–Trinajstić information content (AvgIpc) is 3.20. The standard InChI is InChI=1S/C15H19F2N5O/c1-2-6-19-15(21-11-12-4-3-10-23-12)20-7-5-13-18-8-9-22(13)14(16)17/h2-4,8-10,14H,1,5-7,11H2,(H2,19,20,21). The number of nitrogens with one attached hydrogen (secondary N) is 2. The molecule has 0 aliphatic heterocycles. The number of furan rings is 1. The lowest BCUT2D eigenvalue weighted by Crippen LogP contribution is -2.38. The van der Waals surface area contributed by atoms with Crippen molar-refractivity contribution in [1.82, 2.24) is 20.2 Å². The Morgan fingerprint density at radius 3 is 3.04 bits per heavy atom. The number of aliphatic imine (C=N–C) groups is 1. The van der Waals surface area contributed by atoms with E-state index in [0.29, 0.717) is 37.8 Å². The smallest absolute Gasteiger partial charge is 0.319 e. The summed E-state index contributed by atoms with van der Waals surface area (Å²) in [7, 11) is 0. The van der Waals surface area contributed by atoms with Crippen LogP contribution in [0.15, 0.2) is 52.9 Å². The van der Waals surface area contributed by atoms with Crippen LogP contribution in [0.4, 0.5) is 8.78 Å². The van der Waals surface area contributed by atoms with Gasteiger partial charge in [0.1, 0.15) is 18.1 Å². The zero-order valence-corrected chi connectivity index (χ0v) is 12.6. The predicted octanol–water partition coefficient (Wildman–Crippen LogP) is 2.34. The van der Waals surface area contributed by atoms with E-state index >= 15 is 0 Å². The van der Waals surface area contributed by atoms with Crippen LogP contribution >= 0.6 is 0 Å². The molecule has 0 aliphatic rings. The molecule has 0 aromatic carbocycles. The molecule has 6 nitrogen and oxygen atoms in total. The molecule has 0 atom stereocenters. The average molecular weight is 323 g/mol. The number of hydrogen-bond donors (Lipinski definition) is 2. The fraction of sp³-hybridized carbons (Fsp3) is 0.333. The zero-order chi connectivity index (χ0) is 16.5. The number of rotatable bonds is 8. The molecule has 2 aromatic heterocycles. The Balaban J connectivity index is 1.88. The highest BCUT2D eigenvalue weighted by molar-refractivity contribution is 5.79. The summed E-state index contributed by atoms with van der Waals surface area (Å²) in [6, 6.07) is 3.62. The van der Waals surface area contributed by atoms with Gasteiger partial charge in [-0.25, -0.2) is 9.98 Å². The Labute approximate surface area is 132 Å². The summed E-state index contributed by atoms with van der Waals surface area (Å²) in [5.41, 5.74) is 0. The van der Waals surface area contributed by atoms with Crippen LogP contribution in [0, 0.1) is 0 Å². The van der Waals surface area contributed by atoms with Crippen molar-refractivity contribution in [1.29, 1.82) is 0 Å². The van der Waals surface area contributed by atoms with Gasteiger partial charge in [0.15, 0.2) is 5.96 Å². The lowest BCUT2D eigenvalue weighted by molar-refractivity contribution is 0.0670. The van der Waals surface area contributed by atoms with E-state index in [1.54, 1.807) is 18.4 Å².